The van der Waals surface area contributed by atoms with Crippen LogP contribution in [0.2, 0.25) is 5.02 Å². The normalized spacial score (nSPS) is 22.2. The highest BCUT2D eigenvalue weighted by Crippen LogP contribution is 2.28. The third kappa shape index (κ3) is 3.09. The van der Waals surface area contributed by atoms with Crippen molar-refractivity contribution in [3.8, 4) is 0 Å². The van der Waals surface area contributed by atoms with E-state index in [1.165, 1.54) is 0 Å². The number of carbonyl (C=O) groups excluding carboxylic acids is 2. The third-order valence-corrected chi connectivity index (χ3v) is 4.69. The maximum atomic E-state index is 12.2. The quantitative estimate of drug-likeness (QED) is 0.883. The summed E-state index contributed by atoms with van der Waals surface area (Å²) in [5.74, 6) is -0.914. The molecule has 0 bridgehead atoms. The monoisotopic (exact) mass is 344 g/mol. The Bertz CT molecular complexity index is 521. The van der Waals surface area contributed by atoms with Gasteiger partial charge in [-0.1, -0.05) is 24.1 Å². The Morgan fingerprint density at radius 1 is 1.37 bits per heavy atom. The average molecular weight is 346 g/mol. The molecule has 0 heterocycles. The number of carbonyl (C=O) groups is 2. The zero-order valence-electron chi connectivity index (χ0n) is 10.2. The Hall–Kier alpha value is -1.07. The molecule has 0 aliphatic heterocycles. The van der Waals surface area contributed by atoms with Crippen molar-refractivity contribution in [2.45, 2.75) is 25.3 Å². The van der Waals surface area contributed by atoms with E-state index in [9.17, 15) is 9.59 Å². The van der Waals surface area contributed by atoms with Gasteiger partial charge in [0.2, 0.25) is 5.91 Å². The van der Waals surface area contributed by atoms with Crippen molar-refractivity contribution in [2.75, 3.05) is 0 Å². The van der Waals surface area contributed by atoms with E-state index in [0.717, 1.165) is 19.3 Å². The molecule has 0 saturated heterocycles. The maximum absolute atomic E-state index is 12.2. The highest BCUT2D eigenvalue weighted by Gasteiger charge is 2.33. The summed E-state index contributed by atoms with van der Waals surface area (Å²) < 4.78 is 0.666. The van der Waals surface area contributed by atoms with Crippen molar-refractivity contribution in [3.63, 3.8) is 0 Å². The Morgan fingerprint density at radius 2 is 2.11 bits per heavy atom. The summed E-state index contributed by atoms with van der Waals surface area (Å²) in [5, 5.41) is 3.22. The standard InChI is InChI=1S/C13H14BrClN2O2/c14-9-5-1-4-8(11(9)15)13(19)17-10-6-2-3-7(10)12(16)18/h1,4-5,7,10H,2-3,6H2,(H2,16,18)(H,17,19)/t7-,10-/m1/s1. The first-order chi connectivity index (χ1) is 9.00. The molecule has 0 aromatic heterocycles. The van der Waals surface area contributed by atoms with E-state index in [-0.39, 0.29) is 23.8 Å². The molecule has 0 radical (unpaired) electrons. The highest BCUT2D eigenvalue weighted by molar-refractivity contribution is 9.10. The molecule has 2 rings (SSSR count). The van der Waals surface area contributed by atoms with Crippen LogP contribution < -0.4 is 11.1 Å². The number of rotatable bonds is 3. The summed E-state index contributed by atoms with van der Waals surface area (Å²) in [6, 6.07) is 4.96. The van der Waals surface area contributed by atoms with Crippen LogP contribution in [-0.2, 0) is 4.79 Å². The lowest BCUT2D eigenvalue weighted by atomic mass is 10.0. The molecular weight excluding hydrogens is 332 g/mol. The predicted octanol–water partition coefficient (Wildman–Crippen LogP) is 2.49. The van der Waals surface area contributed by atoms with E-state index in [2.05, 4.69) is 21.2 Å². The fourth-order valence-corrected chi connectivity index (χ4v) is 2.98. The van der Waals surface area contributed by atoms with E-state index < -0.39 is 0 Å². The second kappa shape index (κ2) is 5.92. The minimum absolute atomic E-state index is 0.194. The van der Waals surface area contributed by atoms with Crippen LogP contribution in [0.4, 0.5) is 0 Å². The van der Waals surface area contributed by atoms with Gasteiger partial charge in [-0.3, -0.25) is 9.59 Å². The number of benzene rings is 1. The largest absolute Gasteiger partial charge is 0.369 e. The van der Waals surface area contributed by atoms with Crippen LogP contribution in [0.15, 0.2) is 22.7 Å². The summed E-state index contributed by atoms with van der Waals surface area (Å²) in [6.45, 7) is 0. The van der Waals surface area contributed by atoms with Crippen LogP contribution in [0.1, 0.15) is 29.6 Å². The first-order valence-corrected chi connectivity index (χ1v) is 7.22. The van der Waals surface area contributed by atoms with E-state index >= 15 is 0 Å². The Balaban J connectivity index is 2.13. The lowest BCUT2D eigenvalue weighted by Crippen LogP contribution is -2.42. The van der Waals surface area contributed by atoms with Gasteiger partial charge in [-0.05, 0) is 40.9 Å². The highest BCUT2D eigenvalue weighted by atomic mass is 79.9. The van der Waals surface area contributed by atoms with Crippen LogP contribution in [0.25, 0.3) is 0 Å². The van der Waals surface area contributed by atoms with Gasteiger partial charge in [0, 0.05) is 10.5 Å². The Kier molecular flexibility index (Phi) is 4.47. The number of amides is 2. The molecule has 2 atom stereocenters. The van der Waals surface area contributed by atoms with E-state index in [4.69, 9.17) is 17.3 Å². The van der Waals surface area contributed by atoms with Crippen LogP contribution in [0.5, 0.6) is 0 Å². The molecule has 1 aliphatic carbocycles. The van der Waals surface area contributed by atoms with Crippen molar-refractivity contribution in [1.82, 2.24) is 5.32 Å². The summed E-state index contributed by atoms with van der Waals surface area (Å²) in [7, 11) is 0. The van der Waals surface area contributed by atoms with Crippen LogP contribution in [0.3, 0.4) is 0 Å². The number of primary amides is 1. The molecule has 1 aromatic carbocycles. The van der Waals surface area contributed by atoms with Gasteiger partial charge in [-0.2, -0.15) is 0 Å². The zero-order chi connectivity index (χ0) is 14.0. The molecule has 1 aliphatic rings. The lowest BCUT2D eigenvalue weighted by Gasteiger charge is -2.18. The van der Waals surface area contributed by atoms with Gasteiger partial charge < -0.3 is 11.1 Å². The van der Waals surface area contributed by atoms with Crippen molar-refractivity contribution in [1.29, 1.82) is 0 Å². The van der Waals surface area contributed by atoms with Gasteiger partial charge in [0.1, 0.15) is 0 Å². The summed E-state index contributed by atoms with van der Waals surface area (Å²) in [5.41, 5.74) is 5.73. The predicted molar refractivity (Wildman–Crippen MR) is 76.9 cm³/mol. The fourth-order valence-electron chi connectivity index (χ4n) is 2.40. The number of halogens is 2. The SMILES string of the molecule is NC(=O)[C@@H]1CCC[C@H]1NC(=O)c1cccc(Br)c1Cl. The van der Waals surface area contributed by atoms with E-state index in [1.807, 2.05) is 0 Å². The Morgan fingerprint density at radius 3 is 2.79 bits per heavy atom. The van der Waals surface area contributed by atoms with Crippen molar-refractivity contribution in [3.05, 3.63) is 33.3 Å². The molecule has 1 fully saturated rings. The molecule has 6 heteroatoms. The van der Waals surface area contributed by atoms with Crippen LogP contribution in [0, 0.1) is 5.92 Å². The van der Waals surface area contributed by atoms with E-state index in [1.54, 1.807) is 18.2 Å². The summed E-state index contributed by atoms with van der Waals surface area (Å²) in [4.78, 5) is 23.5. The van der Waals surface area contributed by atoms with Crippen molar-refractivity contribution < 1.29 is 9.59 Å². The molecule has 2 amide bonds. The lowest BCUT2D eigenvalue weighted by molar-refractivity contribution is -0.122. The molecular formula is C13H14BrClN2O2. The van der Waals surface area contributed by atoms with Gasteiger partial charge >= 0.3 is 0 Å². The fraction of sp³-hybridized carbons (Fsp3) is 0.385. The van der Waals surface area contributed by atoms with Gasteiger partial charge in [0.15, 0.2) is 0 Å². The summed E-state index contributed by atoms with van der Waals surface area (Å²) in [6.07, 6.45) is 2.39. The molecule has 19 heavy (non-hydrogen) atoms. The minimum atomic E-state index is -0.358. The first kappa shape index (κ1) is 14.3. The zero-order valence-corrected chi connectivity index (χ0v) is 12.5. The Labute approximate surface area is 124 Å². The second-order valence-electron chi connectivity index (χ2n) is 4.62. The number of hydrogen-bond donors (Lipinski definition) is 2. The summed E-state index contributed by atoms with van der Waals surface area (Å²) >= 11 is 9.35. The van der Waals surface area contributed by atoms with Gasteiger partial charge in [-0.15, -0.1) is 0 Å². The maximum Gasteiger partial charge on any atom is 0.253 e. The smallest absolute Gasteiger partial charge is 0.253 e. The third-order valence-electron chi connectivity index (χ3n) is 3.39. The van der Waals surface area contributed by atoms with Gasteiger partial charge in [0.25, 0.3) is 5.91 Å². The minimum Gasteiger partial charge on any atom is -0.369 e. The average Bonchev–Trinajstić information content (AvgIpc) is 2.80. The number of nitrogens with one attached hydrogen (secondary N) is 1. The molecule has 0 spiro atoms. The topological polar surface area (TPSA) is 72.2 Å². The van der Waals surface area contributed by atoms with Gasteiger partial charge in [-0.25, -0.2) is 0 Å². The number of nitrogens with two attached hydrogens (primary N) is 1. The van der Waals surface area contributed by atoms with Crippen molar-refractivity contribution in [2.24, 2.45) is 11.7 Å². The van der Waals surface area contributed by atoms with Crippen molar-refractivity contribution >= 4 is 39.3 Å². The van der Waals surface area contributed by atoms with Gasteiger partial charge in [0.05, 0.1) is 16.5 Å². The van der Waals surface area contributed by atoms with Crippen LogP contribution >= 0.6 is 27.5 Å². The van der Waals surface area contributed by atoms with E-state index in [0.29, 0.717) is 15.1 Å². The molecule has 3 N–H and O–H groups in total. The molecule has 102 valence electrons. The molecule has 0 unspecified atom stereocenters. The number of hydrogen-bond acceptors (Lipinski definition) is 2. The first-order valence-electron chi connectivity index (χ1n) is 6.05. The van der Waals surface area contributed by atoms with Crippen LogP contribution in [-0.4, -0.2) is 17.9 Å². The second-order valence-corrected chi connectivity index (χ2v) is 5.85. The molecule has 1 aromatic rings. The molecule has 4 nitrogen and oxygen atoms in total. The molecule has 1 saturated carbocycles.